The highest BCUT2D eigenvalue weighted by atomic mass is 16.5. The summed E-state index contributed by atoms with van der Waals surface area (Å²) in [5.41, 5.74) is 6.72. The number of aliphatic hydroxyl groups excluding tert-OH is 2. The Balaban J connectivity index is 1.05. The molecule has 8 aromatic rings. The van der Waals surface area contributed by atoms with Crippen LogP contribution >= 0.6 is 0 Å². The van der Waals surface area contributed by atoms with Crippen molar-refractivity contribution in [1.29, 1.82) is 0 Å². The van der Waals surface area contributed by atoms with Crippen molar-refractivity contribution in [2.24, 2.45) is 0 Å². The van der Waals surface area contributed by atoms with Crippen molar-refractivity contribution in [3.05, 3.63) is 250 Å². The van der Waals surface area contributed by atoms with Crippen molar-refractivity contribution >= 4 is 0 Å². The molecule has 364 valence electrons. The molecule has 71 heavy (non-hydrogen) atoms. The van der Waals surface area contributed by atoms with Crippen molar-refractivity contribution in [1.82, 2.24) is 0 Å². The summed E-state index contributed by atoms with van der Waals surface area (Å²) in [4.78, 5) is 0. The highest BCUT2D eigenvalue weighted by Crippen LogP contribution is 2.44. The van der Waals surface area contributed by atoms with Crippen LogP contribution in [0.4, 0.5) is 0 Å². The number of ether oxygens (including phenoxy) is 7. The van der Waals surface area contributed by atoms with E-state index in [2.05, 4.69) is 0 Å². The quantitative estimate of drug-likeness (QED) is 0.0643. The molecule has 0 aromatic heterocycles. The summed E-state index contributed by atoms with van der Waals surface area (Å²) in [5.74, 6) is 4.06. The third kappa shape index (κ3) is 11.3. The molecular weight excluding hydrogens is 889 g/mol. The summed E-state index contributed by atoms with van der Waals surface area (Å²) < 4.78 is 43.0. The normalized spacial score (nSPS) is 12.5. The zero-order valence-corrected chi connectivity index (χ0v) is 41.2. The van der Waals surface area contributed by atoms with Gasteiger partial charge in [-0.05, 0) is 119 Å². The standard InChI is InChI=1S/C62H62O9/c1-43-17-35-59(45(37-43)39-53(63)41-69-61(47-13-9-7-10-14-47,49-19-27-55(65-3)28-20-49)50-21-29-56(66-4)30-22-50)71-60-36-18-44(2)38-46(60)40-54(64)42-70-62(48-15-11-8-12-16-48,51-23-31-57(67-5)32-24-51)52-25-33-58(68-6)34-26-52/h7-38,53-54,63-64H,39-42H2,1-6H3. The van der Waals surface area contributed by atoms with Gasteiger partial charge in [-0.2, -0.15) is 0 Å². The minimum absolute atomic E-state index is 0.0141. The third-order valence-corrected chi connectivity index (χ3v) is 12.9. The van der Waals surface area contributed by atoms with Gasteiger partial charge >= 0.3 is 0 Å². The summed E-state index contributed by atoms with van der Waals surface area (Å²) in [6.45, 7) is 4.01. The van der Waals surface area contributed by atoms with Gasteiger partial charge in [0.1, 0.15) is 45.7 Å². The van der Waals surface area contributed by atoms with Gasteiger partial charge in [0, 0.05) is 12.8 Å². The molecule has 0 radical (unpaired) electrons. The monoisotopic (exact) mass is 950 g/mol. The first-order valence-electron chi connectivity index (χ1n) is 23.8. The van der Waals surface area contributed by atoms with Crippen LogP contribution in [-0.4, -0.2) is 64.1 Å². The van der Waals surface area contributed by atoms with Gasteiger partial charge in [-0.25, -0.2) is 0 Å². The van der Waals surface area contributed by atoms with Gasteiger partial charge in [0.05, 0.1) is 53.9 Å². The molecule has 8 rings (SSSR count). The Hall–Kier alpha value is -7.40. The average Bonchev–Trinajstić information content (AvgIpc) is 3.41. The molecule has 0 saturated heterocycles. The smallest absolute Gasteiger partial charge is 0.143 e. The predicted molar refractivity (Wildman–Crippen MR) is 278 cm³/mol. The molecule has 2 atom stereocenters. The van der Waals surface area contributed by atoms with Crippen LogP contribution in [0.25, 0.3) is 0 Å². The maximum Gasteiger partial charge on any atom is 0.143 e. The van der Waals surface area contributed by atoms with Crippen LogP contribution in [0.1, 0.15) is 55.6 Å². The zero-order valence-electron chi connectivity index (χ0n) is 41.2. The van der Waals surface area contributed by atoms with E-state index in [1.54, 1.807) is 28.4 Å². The van der Waals surface area contributed by atoms with E-state index < -0.39 is 23.4 Å². The molecule has 0 heterocycles. The van der Waals surface area contributed by atoms with Crippen molar-refractivity contribution in [3.8, 4) is 34.5 Å². The van der Waals surface area contributed by atoms with E-state index in [9.17, 15) is 10.2 Å². The second-order valence-electron chi connectivity index (χ2n) is 17.7. The highest BCUT2D eigenvalue weighted by Gasteiger charge is 2.40. The molecule has 0 fully saturated rings. The van der Waals surface area contributed by atoms with Gasteiger partial charge in [0.15, 0.2) is 0 Å². The molecule has 0 saturated carbocycles. The third-order valence-electron chi connectivity index (χ3n) is 12.9. The lowest BCUT2D eigenvalue weighted by Crippen LogP contribution is -2.36. The van der Waals surface area contributed by atoms with Crippen molar-refractivity contribution < 1.29 is 43.4 Å². The van der Waals surface area contributed by atoms with E-state index in [-0.39, 0.29) is 26.1 Å². The van der Waals surface area contributed by atoms with Gasteiger partial charge in [-0.15, -0.1) is 0 Å². The molecule has 0 bridgehead atoms. The molecule has 0 amide bonds. The van der Waals surface area contributed by atoms with E-state index >= 15 is 0 Å². The summed E-state index contributed by atoms with van der Waals surface area (Å²) in [6.07, 6.45) is -1.39. The highest BCUT2D eigenvalue weighted by molar-refractivity contribution is 5.52. The summed E-state index contributed by atoms with van der Waals surface area (Å²) >= 11 is 0. The average molecular weight is 951 g/mol. The Kier molecular flexibility index (Phi) is 16.2. The minimum Gasteiger partial charge on any atom is -0.497 e. The minimum atomic E-state index is -1.10. The number of rotatable bonds is 22. The van der Waals surface area contributed by atoms with E-state index in [0.717, 1.165) is 78.6 Å². The lowest BCUT2D eigenvalue weighted by molar-refractivity contribution is -0.0378. The molecule has 0 aliphatic carbocycles. The van der Waals surface area contributed by atoms with Crippen LogP contribution in [0.3, 0.4) is 0 Å². The van der Waals surface area contributed by atoms with Crippen LogP contribution in [0, 0.1) is 13.8 Å². The zero-order chi connectivity index (χ0) is 49.8. The fourth-order valence-corrected chi connectivity index (χ4v) is 9.27. The first-order valence-corrected chi connectivity index (χ1v) is 23.8. The van der Waals surface area contributed by atoms with Gasteiger partial charge in [-0.1, -0.05) is 145 Å². The van der Waals surface area contributed by atoms with Crippen molar-refractivity contribution in [2.75, 3.05) is 41.7 Å². The van der Waals surface area contributed by atoms with Crippen LogP contribution in [0.5, 0.6) is 34.5 Å². The van der Waals surface area contributed by atoms with Gasteiger partial charge in [0.25, 0.3) is 0 Å². The second kappa shape index (κ2) is 23.0. The number of methoxy groups -OCH3 is 4. The van der Waals surface area contributed by atoms with Crippen LogP contribution in [0.15, 0.2) is 194 Å². The Morgan fingerprint density at radius 1 is 0.366 bits per heavy atom. The molecule has 0 aliphatic heterocycles. The number of aryl methyl sites for hydroxylation is 2. The summed E-state index contributed by atoms with van der Waals surface area (Å²) in [7, 11) is 6.57. The van der Waals surface area contributed by atoms with E-state index in [0.29, 0.717) is 11.5 Å². The Bertz CT molecular complexity index is 2620. The molecule has 8 aromatic carbocycles. The molecule has 0 spiro atoms. The second-order valence-corrected chi connectivity index (χ2v) is 17.7. The largest absolute Gasteiger partial charge is 0.497 e. The van der Waals surface area contributed by atoms with Crippen LogP contribution in [0.2, 0.25) is 0 Å². The topological polar surface area (TPSA) is 105 Å². The molecule has 2 N–H and O–H groups in total. The lowest BCUT2D eigenvalue weighted by atomic mass is 9.80. The number of aliphatic hydroxyl groups is 2. The van der Waals surface area contributed by atoms with Crippen molar-refractivity contribution in [3.63, 3.8) is 0 Å². The summed E-state index contributed by atoms with van der Waals surface area (Å²) in [6, 6.07) is 63.3. The number of benzene rings is 8. The predicted octanol–water partition coefficient (Wildman–Crippen LogP) is 12.0. The molecule has 9 nitrogen and oxygen atoms in total. The molecule has 9 heteroatoms. The van der Waals surface area contributed by atoms with E-state index in [1.807, 2.05) is 208 Å². The van der Waals surface area contributed by atoms with E-state index in [4.69, 9.17) is 33.2 Å². The maximum atomic E-state index is 12.0. The van der Waals surface area contributed by atoms with Crippen molar-refractivity contribution in [2.45, 2.75) is 50.1 Å². The molecule has 2 unspecified atom stereocenters. The molecule has 0 aliphatic rings. The Morgan fingerprint density at radius 3 is 0.930 bits per heavy atom. The molecular formula is C62H62O9. The van der Waals surface area contributed by atoms with Gasteiger partial charge < -0.3 is 43.4 Å². The fraction of sp³-hybridized carbons (Fsp3) is 0.226. The van der Waals surface area contributed by atoms with Crippen LogP contribution < -0.4 is 23.7 Å². The van der Waals surface area contributed by atoms with E-state index in [1.165, 1.54) is 0 Å². The fourth-order valence-electron chi connectivity index (χ4n) is 9.27. The lowest BCUT2D eigenvalue weighted by Gasteiger charge is -2.37. The Labute approximate surface area is 417 Å². The maximum absolute atomic E-state index is 12.0. The first kappa shape index (κ1) is 50.0. The number of hydrogen-bond donors (Lipinski definition) is 2. The summed E-state index contributed by atoms with van der Waals surface area (Å²) in [5, 5.41) is 24.0. The van der Waals surface area contributed by atoms with Crippen LogP contribution in [-0.2, 0) is 33.5 Å². The Morgan fingerprint density at radius 2 is 0.648 bits per heavy atom. The first-order chi connectivity index (χ1) is 34.6. The van der Waals surface area contributed by atoms with Gasteiger partial charge in [0.2, 0.25) is 0 Å². The van der Waals surface area contributed by atoms with Gasteiger partial charge in [-0.3, -0.25) is 0 Å². The SMILES string of the molecule is COc1ccc(C(OCC(O)Cc2cc(C)ccc2Oc2ccc(C)cc2CC(O)COC(c2ccccc2)(c2ccc(OC)cc2)c2ccc(OC)cc2)(c2ccccc2)c2ccc(OC)cc2)cc1. The number of hydrogen-bond acceptors (Lipinski definition) is 9.